The summed E-state index contributed by atoms with van der Waals surface area (Å²) in [5.74, 6) is 6.70. The van der Waals surface area contributed by atoms with Crippen molar-refractivity contribution in [3.8, 4) is 11.8 Å². The van der Waals surface area contributed by atoms with Gasteiger partial charge in [-0.2, -0.15) is 0 Å². The summed E-state index contributed by atoms with van der Waals surface area (Å²) in [5, 5.41) is 0. The minimum atomic E-state index is 0.405. The third-order valence-corrected chi connectivity index (χ3v) is 2.58. The first-order valence-corrected chi connectivity index (χ1v) is 5.74. The van der Waals surface area contributed by atoms with Gasteiger partial charge in [-0.25, -0.2) is 0 Å². The van der Waals surface area contributed by atoms with E-state index in [9.17, 15) is 0 Å². The Hall–Kier alpha value is -1.30. The summed E-state index contributed by atoms with van der Waals surface area (Å²) in [6.45, 7) is 2.00. The normalized spacial score (nSPS) is 14.3. The lowest BCUT2D eigenvalue weighted by Gasteiger charge is -2.03. The molecule has 0 bridgehead atoms. The van der Waals surface area contributed by atoms with Gasteiger partial charge >= 0.3 is 0 Å². The molecule has 1 aliphatic carbocycles. The molecule has 0 atom stereocenters. The zero-order valence-electron chi connectivity index (χ0n) is 9.41. The van der Waals surface area contributed by atoms with Crippen LogP contribution >= 0.6 is 0 Å². The van der Waals surface area contributed by atoms with E-state index in [0.29, 0.717) is 13.2 Å². The van der Waals surface area contributed by atoms with Crippen molar-refractivity contribution >= 4 is 0 Å². The molecule has 0 radical (unpaired) electrons. The van der Waals surface area contributed by atoms with E-state index in [2.05, 4.69) is 24.0 Å². The van der Waals surface area contributed by atoms with Gasteiger partial charge < -0.3 is 10.5 Å². The third-order valence-electron chi connectivity index (χ3n) is 2.58. The Balaban J connectivity index is 1.87. The molecule has 2 rings (SSSR count). The maximum absolute atomic E-state index is 5.63. The Labute approximate surface area is 96.8 Å². The van der Waals surface area contributed by atoms with E-state index in [1.165, 1.54) is 18.4 Å². The molecule has 0 aromatic heterocycles. The van der Waals surface area contributed by atoms with E-state index in [1.807, 2.05) is 12.1 Å². The monoisotopic (exact) mass is 215 g/mol. The van der Waals surface area contributed by atoms with Crippen LogP contribution in [-0.2, 0) is 11.3 Å². The van der Waals surface area contributed by atoms with E-state index < -0.39 is 0 Å². The summed E-state index contributed by atoms with van der Waals surface area (Å²) in [6.07, 6.45) is 2.67. The molecule has 1 saturated carbocycles. The van der Waals surface area contributed by atoms with E-state index in [0.717, 1.165) is 18.1 Å². The average molecular weight is 215 g/mol. The van der Waals surface area contributed by atoms with Crippen LogP contribution in [0.4, 0.5) is 0 Å². The molecule has 1 aromatic rings. The number of rotatable bonds is 4. The number of ether oxygens (including phenoxy) is 1. The summed E-state index contributed by atoms with van der Waals surface area (Å²) in [7, 11) is 0. The molecular weight excluding hydrogens is 198 g/mol. The molecule has 0 aliphatic heterocycles. The van der Waals surface area contributed by atoms with Crippen LogP contribution in [0.15, 0.2) is 24.3 Å². The Morgan fingerprint density at radius 3 is 3.00 bits per heavy atom. The van der Waals surface area contributed by atoms with Gasteiger partial charge in [-0.3, -0.25) is 0 Å². The van der Waals surface area contributed by atoms with Crippen molar-refractivity contribution in [3.63, 3.8) is 0 Å². The standard InChI is InChI=1S/C14H17NO/c15-8-2-5-12-3-1-4-14(9-12)11-16-10-13-6-7-13/h1,3-4,9,13H,6-8,10-11,15H2. The molecule has 2 nitrogen and oxygen atoms in total. The Morgan fingerprint density at radius 2 is 2.25 bits per heavy atom. The van der Waals surface area contributed by atoms with Crippen LogP contribution in [0.3, 0.4) is 0 Å². The first-order valence-electron chi connectivity index (χ1n) is 5.74. The van der Waals surface area contributed by atoms with Crippen LogP contribution in [-0.4, -0.2) is 13.2 Å². The van der Waals surface area contributed by atoms with E-state index in [1.54, 1.807) is 0 Å². The fourth-order valence-electron chi connectivity index (χ4n) is 1.52. The lowest BCUT2D eigenvalue weighted by molar-refractivity contribution is 0.111. The molecule has 0 amide bonds. The van der Waals surface area contributed by atoms with Gasteiger partial charge in [-0.15, -0.1) is 0 Å². The van der Waals surface area contributed by atoms with Crippen LogP contribution in [0.25, 0.3) is 0 Å². The van der Waals surface area contributed by atoms with E-state index in [4.69, 9.17) is 10.5 Å². The van der Waals surface area contributed by atoms with Crippen molar-refractivity contribution in [1.29, 1.82) is 0 Å². The molecule has 0 heterocycles. The van der Waals surface area contributed by atoms with Crippen molar-refractivity contribution in [2.75, 3.05) is 13.2 Å². The molecule has 0 unspecified atom stereocenters. The first-order chi connectivity index (χ1) is 7.88. The molecule has 1 aromatic carbocycles. The zero-order valence-corrected chi connectivity index (χ0v) is 9.41. The summed E-state index contributed by atoms with van der Waals surface area (Å²) >= 11 is 0. The summed E-state index contributed by atoms with van der Waals surface area (Å²) in [6, 6.07) is 8.14. The highest BCUT2D eigenvalue weighted by molar-refractivity contribution is 5.37. The lowest BCUT2D eigenvalue weighted by atomic mass is 10.1. The predicted molar refractivity (Wildman–Crippen MR) is 64.8 cm³/mol. The number of nitrogens with two attached hydrogens (primary N) is 1. The zero-order chi connectivity index (χ0) is 11.2. The Bertz CT molecular complexity index is 399. The maximum atomic E-state index is 5.63. The number of hydrogen-bond donors (Lipinski definition) is 1. The van der Waals surface area contributed by atoms with Crippen molar-refractivity contribution in [2.45, 2.75) is 19.4 Å². The molecule has 84 valence electrons. The fraction of sp³-hybridized carbons (Fsp3) is 0.429. The van der Waals surface area contributed by atoms with Crippen LogP contribution in [0.1, 0.15) is 24.0 Å². The largest absolute Gasteiger partial charge is 0.376 e. The van der Waals surface area contributed by atoms with Gasteiger partial charge in [-0.05, 0) is 36.5 Å². The molecule has 1 aliphatic rings. The molecule has 1 fully saturated rings. The molecule has 2 N–H and O–H groups in total. The van der Waals surface area contributed by atoms with Gasteiger partial charge in [-0.1, -0.05) is 24.0 Å². The van der Waals surface area contributed by atoms with E-state index in [-0.39, 0.29) is 0 Å². The van der Waals surface area contributed by atoms with Crippen molar-refractivity contribution in [3.05, 3.63) is 35.4 Å². The number of hydrogen-bond acceptors (Lipinski definition) is 2. The summed E-state index contributed by atoms with van der Waals surface area (Å²) in [5.41, 5.74) is 7.53. The molecule has 16 heavy (non-hydrogen) atoms. The summed E-state index contributed by atoms with van der Waals surface area (Å²) < 4.78 is 5.63. The van der Waals surface area contributed by atoms with Gasteiger partial charge in [0.25, 0.3) is 0 Å². The fourth-order valence-corrected chi connectivity index (χ4v) is 1.52. The van der Waals surface area contributed by atoms with Crippen LogP contribution < -0.4 is 5.73 Å². The van der Waals surface area contributed by atoms with Crippen molar-refractivity contribution < 1.29 is 4.74 Å². The van der Waals surface area contributed by atoms with Gasteiger partial charge in [0, 0.05) is 12.2 Å². The van der Waals surface area contributed by atoms with Crippen LogP contribution in [0.5, 0.6) is 0 Å². The molecule has 2 heteroatoms. The Kier molecular flexibility index (Phi) is 3.98. The van der Waals surface area contributed by atoms with Crippen molar-refractivity contribution in [1.82, 2.24) is 0 Å². The number of benzene rings is 1. The molecule has 0 spiro atoms. The predicted octanol–water partition coefficient (Wildman–Crippen LogP) is 1.92. The second-order valence-corrected chi connectivity index (χ2v) is 4.16. The third kappa shape index (κ3) is 3.69. The molecule has 0 saturated heterocycles. The van der Waals surface area contributed by atoms with Crippen LogP contribution in [0, 0.1) is 17.8 Å². The average Bonchev–Trinajstić information content (AvgIpc) is 3.11. The molecular formula is C14H17NO. The highest BCUT2D eigenvalue weighted by Gasteiger charge is 2.20. The highest BCUT2D eigenvalue weighted by atomic mass is 16.5. The second-order valence-electron chi connectivity index (χ2n) is 4.16. The van der Waals surface area contributed by atoms with E-state index >= 15 is 0 Å². The SMILES string of the molecule is NCC#Cc1cccc(COCC2CC2)c1. The van der Waals surface area contributed by atoms with Crippen LogP contribution in [0.2, 0.25) is 0 Å². The highest BCUT2D eigenvalue weighted by Crippen LogP contribution is 2.29. The second kappa shape index (κ2) is 5.69. The minimum Gasteiger partial charge on any atom is -0.376 e. The quantitative estimate of drug-likeness (QED) is 0.779. The summed E-state index contributed by atoms with van der Waals surface area (Å²) in [4.78, 5) is 0. The van der Waals surface area contributed by atoms with Gasteiger partial charge in [0.05, 0.1) is 13.2 Å². The smallest absolute Gasteiger partial charge is 0.0717 e. The van der Waals surface area contributed by atoms with Gasteiger partial charge in [0.1, 0.15) is 0 Å². The van der Waals surface area contributed by atoms with Crippen molar-refractivity contribution in [2.24, 2.45) is 11.7 Å². The minimum absolute atomic E-state index is 0.405. The Morgan fingerprint density at radius 1 is 1.38 bits per heavy atom. The van der Waals surface area contributed by atoms with Gasteiger partial charge in [0.15, 0.2) is 0 Å². The lowest BCUT2D eigenvalue weighted by Crippen LogP contribution is -1.97. The van der Waals surface area contributed by atoms with Gasteiger partial charge in [0.2, 0.25) is 0 Å². The first kappa shape index (κ1) is 11.2. The topological polar surface area (TPSA) is 35.2 Å². The maximum Gasteiger partial charge on any atom is 0.0717 e.